The quantitative estimate of drug-likeness (QED) is 0.591. The molecule has 1 saturated heterocycles. The maximum Gasteiger partial charge on any atom is 0.451 e. The summed E-state index contributed by atoms with van der Waals surface area (Å²) < 4.78 is 46.4. The number of hydrogen-bond acceptors (Lipinski definition) is 6. The molecule has 0 aliphatic carbocycles. The van der Waals surface area contributed by atoms with Gasteiger partial charge in [0.25, 0.3) is 5.91 Å². The van der Waals surface area contributed by atoms with Gasteiger partial charge in [-0.2, -0.15) is 18.3 Å². The molecule has 1 N–H and O–H groups in total. The molecule has 1 aromatic carbocycles. The van der Waals surface area contributed by atoms with E-state index in [4.69, 9.17) is 4.74 Å². The second-order valence-corrected chi connectivity index (χ2v) is 8.27. The Hall–Kier alpha value is -3.31. The highest BCUT2D eigenvalue weighted by molar-refractivity contribution is 5.96. The lowest BCUT2D eigenvalue weighted by atomic mass is 10.0. The maximum atomic E-state index is 13.5. The van der Waals surface area contributed by atoms with Crippen molar-refractivity contribution in [2.75, 3.05) is 32.8 Å². The molecule has 0 radical (unpaired) electrons. The lowest BCUT2D eigenvalue weighted by Crippen LogP contribution is -2.46. The third kappa shape index (κ3) is 5.60. The van der Waals surface area contributed by atoms with Crippen LogP contribution in [-0.2, 0) is 10.9 Å². The van der Waals surface area contributed by atoms with Gasteiger partial charge in [0, 0.05) is 43.0 Å². The fraction of sp³-hybridized carbons (Fsp3) is 0.391. The minimum Gasteiger partial charge on any atom is -0.379 e. The van der Waals surface area contributed by atoms with E-state index in [0.717, 1.165) is 25.0 Å². The van der Waals surface area contributed by atoms with Crippen molar-refractivity contribution >= 4 is 5.91 Å². The van der Waals surface area contributed by atoms with Crippen LogP contribution in [0.25, 0.3) is 16.9 Å². The lowest BCUT2D eigenvalue weighted by Gasteiger charge is -2.29. The maximum absolute atomic E-state index is 13.5. The van der Waals surface area contributed by atoms with E-state index in [0.29, 0.717) is 35.7 Å². The first kappa shape index (κ1) is 23.8. The molecule has 1 fully saturated rings. The van der Waals surface area contributed by atoms with Crippen LogP contribution in [0.5, 0.6) is 0 Å². The highest BCUT2D eigenvalue weighted by Gasteiger charge is 2.37. The van der Waals surface area contributed by atoms with E-state index in [-0.39, 0.29) is 17.3 Å². The van der Waals surface area contributed by atoms with Crippen molar-refractivity contribution in [1.82, 2.24) is 30.0 Å². The van der Waals surface area contributed by atoms with Crippen molar-refractivity contribution in [3.63, 3.8) is 0 Å². The Kier molecular flexibility index (Phi) is 6.94. The molecule has 1 amide bonds. The van der Waals surface area contributed by atoms with E-state index >= 15 is 0 Å². The van der Waals surface area contributed by atoms with Crippen LogP contribution >= 0.6 is 0 Å². The van der Waals surface area contributed by atoms with Gasteiger partial charge in [-0.3, -0.25) is 14.7 Å². The third-order valence-electron chi connectivity index (χ3n) is 5.45. The van der Waals surface area contributed by atoms with Crippen molar-refractivity contribution in [2.24, 2.45) is 0 Å². The summed E-state index contributed by atoms with van der Waals surface area (Å²) in [5, 5.41) is 6.69. The summed E-state index contributed by atoms with van der Waals surface area (Å²) in [6.07, 6.45) is -2.21. The normalized spacial score (nSPS) is 15.8. The largest absolute Gasteiger partial charge is 0.451 e. The average molecular weight is 474 g/mol. The lowest BCUT2D eigenvalue weighted by molar-refractivity contribution is -0.146. The van der Waals surface area contributed by atoms with Crippen molar-refractivity contribution in [2.45, 2.75) is 26.1 Å². The Bertz CT molecular complexity index is 1140. The predicted octanol–water partition coefficient (Wildman–Crippen LogP) is 3.11. The first-order valence-corrected chi connectivity index (χ1v) is 10.9. The number of halogens is 3. The highest BCUT2D eigenvalue weighted by atomic mass is 19.4. The van der Waals surface area contributed by atoms with E-state index in [1.165, 1.54) is 12.1 Å². The fourth-order valence-corrected chi connectivity index (χ4v) is 3.80. The van der Waals surface area contributed by atoms with Gasteiger partial charge in [-0.1, -0.05) is 6.07 Å². The van der Waals surface area contributed by atoms with E-state index in [1.54, 1.807) is 18.3 Å². The molecule has 0 saturated carbocycles. The molecular formula is C23H25F3N6O2. The van der Waals surface area contributed by atoms with Crippen LogP contribution in [0.4, 0.5) is 13.2 Å². The molecule has 4 rings (SSSR count). The number of nitrogens with zero attached hydrogens (tertiary/aromatic N) is 5. The highest BCUT2D eigenvalue weighted by Crippen LogP contribution is 2.30. The van der Waals surface area contributed by atoms with Crippen LogP contribution in [0.15, 0.2) is 42.9 Å². The molecule has 1 unspecified atom stereocenters. The average Bonchev–Trinajstić information content (AvgIpc) is 3.31. The number of carbonyl (C=O) groups excluding carboxylic acids is 1. The summed E-state index contributed by atoms with van der Waals surface area (Å²) in [5.41, 5.74) is 2.22. The smallest absolute Gasteiger partial charge is 0.379 e. The van der Waals surface area contributed by atoms with Crippen LogP contribution in [0.3, 0.4) is 0 Å². The van der Waals surface area contributed by atoms with Gasteiger partial charge in [-0.25, -0.2) is 9.67 Å². The predicted molar refractivity (Wildman–Crippen MR) is 119 cm³/mol. The Morgan fingerprint density at radius 1 is 1.18 bits per heavy atom. The monoisotopic (exact) mass is 474 g/mol. The Balaban J connectivity index is 1.66. The third-order valence-corrected chi connectivity index (χ3v) is 5.45. The number of hydrogen-bond donors (Lipinski definition) is 1. The minimum absolute atomic E-state index is 0.0654. The molecule has 3 heterocycles. The van der Waals surface area contributed by atoms with Gasteiger partial charge >= 0.3 is 6.18 Å². The summed E-state index contributed by atoms with van der Waals surface area (Å²) in [6.45, 7) is 7.27. The van der Waals surface area contributed by atoms with E-state index in [1.807, 2.05) is 19.9 Å². The second kappa shape index (κ2) is 9.90. The Labute approximate surface area is 194 Å². The number of aromatic nitrogens is 4. The first-order chi connectivity index (χ1) is 16.2. The van der Waals surface area contributed by atoms with Gasteiger partial charge in [0.15, 0.2) is 0 Å². The zero-order chi connectivity index (χ0) is 24.3. The van der Waals surface area contributed by atoms with Gasteiger partial charge in [0.05, 0.1) is 24.6 Å². The number of ether oxygens (including phenoxy) is 1. The van der Waals surface area contributed by atoms with E-state index in [2.05, 4.69) is 25.3 Å². The van der Waals surface area contributed by atoms with Crippen molar-refractivity contribution < 1.29 is 22.7 Å². The molecule has 0 spiro atoms. The molecule has 0 bridgehead atoms. The van der Waals surface area contributed by atoms with E-state index < -0.39 is 17.9 Å². The van der Waals surface area contributed by atoms with Gasteiger partial charge in [0.2, 0.25) is 5.82 Å². The number of morpholine rings is 1. The molecule has 1 aliphatic rings. The Morgan fingerprint density at radius 3 is 2.62 bits per heavy atom. The molecule has 2 aromatic heterocycles. The molecule has 1 aliphatic heterocycles. The first-order valence-electron chi connectivity index (χ1n) is 10.9. The summed E-state index contributed by atoms with van der Waals surface area (Å²) in [7, 11) is 0. The second-order valence-electron chi connectivity index (χ2n) is 8.27. The van der Waals surface area contributed by atoms with Crippen molar-refractivity contribution in [3.05, 3.63) is 59.8 Å². The minimum atomic E-state index is -4.70. The van der Waals surface area contributed by atoms with Gasteiger partial charge in [0.1, 0.15) is 6.33 Å². The Morgan fingerprint density at radius 2 is 1.94 bits per heavy atom. The topological polar surface area (TPSA) is 85.2 Å². The number of nitrogens with one attached hydrogen (secondary N) is 1. The van der Waals surface area contributed by atoms with Crippen molar-refractivity contribution in [1.29, 1.82) is 0 Å². The number of carbonyl (C=O) groups is 1. The fourth-order valence-electron chi connectivity index (χ4n) is 3.80. The van der Waals surface area contributed by atoms with Crippen LogP contribution < -0.4 is 5.32 Å². The zero-order valence-electron chi connectivity index (χ0n) is 18.8. The number of amides is 1. The zero-order valence-corrected chi connectivity index (χ0v) is 18.8. The molecule has 1 atom stereocenters. The van der Waals surface area contributed by atoms with Gasteiger partial charge in [-0.05, 0) is 43.7 Å². The van der Waals surface area contributed by atoms with Crippen LogP contribution in [0, 0.1) is 6.92 Å². The summed E-state index contributed by atoms with van der Waals surface area (Å²) in [6, 6.07) is 7.92. The van der Waals surface area contributed by atoms with Gasteiger partial charge in [-0.15, -0.1) is 0 Å². The number of rotatable bonds is 6. The molecule has 8 nitrogen and oxygen atoms in total. The summed E-state index contributed by atoms with van der Waals surface area (Å²) in [4.78, 5) is 23.0. The molecule has 180 valence electrons. The molecule has 3 aromatic rings. The van der Waals surface area contributed by atoms with Crippen LogP contribution in [0.1, 0.15) is 28.7 Å². The van der Waals surface area contributed by atoms with Crippen LogP contribution in [0.2, 0.25) is 0 Å². The SMILES string of the molecule is Cc1ccc(-c2cc(C(=O)NC(C)CN3CCOCC3)cc(-n3ncnc3C(F)(F)F)c2)nc1. The van der Waals surface area contributed by atoms with Crippen LogP contribution in [-0.4, -0.2) is 69.4 Å². The van der Waals surface area contributed by atoms with Gasteiger partial charge < -0.3 is 10.1 Å². The number of alkyl halides is 3. The standard InChI is InChI=1S/C23H25F3N6O2/c1-15-3-4-20(27-12-15)17-9-18(21(33)30-16(2)13-31-5-7-34-8-6-31)11-19(10-17)32-22(23(24,25)26)28-14-29-32/h3-4,9-12,14,16H,5-8,13H2,1-2H3,(H,30,33). The van der Waals surface area contributed by atoms with Crippen molar-refractivity contribution in [3.8, 4) is 16.9 Å². The number of aryl methyl sites for hydroxylation is 1. The molecule has 11 heteroatoms. The molecule has 34 heavy (non-hydrogen) atoms. The summed E-state index contributed by atoms with van der Waals surface area (Å²) >= 11 is 0. The molecular weight excluding hydrogens is 449 g/mol. The summed E-state index contributed by atoms with van der Waals surface area (Å²) in [5.74, 6) is -1.57. The number of benzene rings is 1. The number of pyridine rings is 1. The van der Waals surface area contributed by atoms with E-state index in [9.17, 15) is 18.0 Å².